The van der Waals surface area contributed by atoms with Crippen LogP contribution in [0.4, 0.5) is 0 Å². The van der Waals surface area contributed by atoms with E-state index in [2.05, 4.69) is 48.9 Å². The Labute approximate surface area is 182 Å². The van der Waals surface area contributed by atoms with Crippen LogP contribution >= 0.6 is 11.8 Å². The first kappa shape index (κ1) is 22.3. The molecule has 1 aliphatic rings. The summed E-state index contributed by atoms with van der Waals surface area (Å²) in [5, 5.41) is 20.4. The van der Waals surface area contributed by atoms with Crippen LogP contribution in [0.2, 0.25) is 0 Å². The molecule has 3 rings (SSSR count). The summed E-state index contributed by atoms with van der Waals surface area (Å²) in [6.45, 7) is 4.35. The Kier molecular flexibility index (Phi) is 7.19. The number of fused-ring (bicyclic) bond motifs is 1. The Hall–Kier alpha value is -2.34. The zero-order valence-electron chi connectivity index (χ0n) is 17.5. The highest BCUT2D eigenvalue weighted by atomic mass is 32.2. The Balaban J connectivity index is 1.97. The van der Waals surface area contributed by atoms with E-state index in [4.69, 9.17) is 0 Å². The first-order valence-corrected chi connectivity index (χ1v) is 10.8. The molecule has 0 amide bonds. The molecule has 1 aliphatic heterocycles. The molecule has 0 saturated heterocycles. The highest BCUT2D eigenvalue weighted by Crippen LogP contribution is 2.50. The minimum atomic E-state index is -0.950. The van der Waals surface area contributed by atoms with Gasteiger partial charge in [-0.15, -0.1) is 11.8 Å². The molecule has 0 bridgehead atoms. The van der Waals surface area contributed by atoms with Crippen LogP contribution in [0.1, 0.15) is 37.8 Å². The van der Waals surface area contributed by atoms with Crippen molar-refractivity contribution in [1.29, 1.82) is 0 Å². The predicted octanol–water partition coefficient (Wildman–Crippen LogP) is 4.60. The van der Waals surface area contributed by atoms with Gasteiger partial charge in [0.15, 0.2) is 0 Å². The number of hydrogen-bond acceptors (Lipinski definition) is 5. The molecule has 0 aromatic heterocycles. The lowest BCUT2D eigenvalue weighted by molar-refractivity contribution is -0.143. The fourth-order valence-electron chi connectivity index (χ4n) is 3.66. The molecule has 0 spiro atoms. The average molecular weight is 425 g/mol. The molecule has 30 heavy (non-hydrogen) atoms. The molecule has 2 aromatic rings. The van der Waals surface area contributed by atoms with E-state index < -0.39 is 18.2 Å². The number of hydrogen-bond donors (Lipinski definition) is 2. The number of rotatable bonds is 7. The zero-order chi connectivity index (χ0) is 21.7. The summed E-state index contributed by atoms with van der Waals surface area (Å²) in [6.07, 6.45) is 1.79. The molecule has 158 valence electrons. The number of ether oxygens (including phenoxy) is 1. The summed E-state index contributed by atoms with van der Waals surface area (Å²) < 4.78 is 4.36. The summed E-state index contributed by atoms with van der Waals surface area (Å²) in [7, 11) is 1.28. The maximum atomic E-state index is 11.3. The summed E-state index contributed by atoms with van der Waals surface area (Å²) in [4.78, 5) is 12.5. The molecular weight excluding hydrogens is 396 g/mol. The summed E-state index contributed by atoms with van der Waals surface area (Å²) in [5.41, 5.74) is 4.55. The average Bonchev–Trinajstić information content (AvgIpc) is 2.71. The Morgan fingerprint density at radius 1 is 1.10 bits per heavy atom. The summed E-state index contributed by atoms with van der Waals surface area (Å²) >= 11 is 1.80. The smallest absolute Gasteiger partial charge is 0.308 e. The van der Waals surface area contributed by atoms with Gasteiger partial charge < -0.3 is 14.9 Å². The normalized spacial score (nSPS) is 17.5. The molecule has 2 unspecified atom stereocenters. The number of benzene rings is 2. The van der Waals surface area contributed by atoms with E-state index >= 15 is 0 Å². The van der Waals surface area contributed by atoms with Crippen LogP contribution in [0.15, 0.2) is 77.2 Å². The van der Waals surface area contributed by atoms with E-state index in [9.17, 15) is 15.0 Å². The Bertz CT molecular complexity index is 947. The Morgan fingerprint density at radius 2 is 1.77 bits per heavy atom. The molecule has 2 N–H and O–H groups in total. The van der Waals surface area contributed by atoms with Gasteiger partial charge in [0.1, 0.15) is 0 Å². The molecule has 4 nitrogen and oxygen atoms in total. The number of aliphatic hydroxyl groups excluding tert-OH is 2. The van der Waals surface area contributed by atoms with Gasteiger partial charge >= 0.3 is 5.97 Å². The van der Waals surface area contributed by atoms with Gasteiger partial charge in [0.2, 0.25) is 0 Å². The third kappa shape index (κ3) is 5.22. The van der Waals surface area contributed by atoms with Crippen molar-refractivity contribution in [3.63, 3.8) is 0 Å². The molecule has 5 heteroatoms. The zero-order valence-corrected chi connectivity index (χ0v) is 18.4. The summed E-state index contributed by atoms with van der Waals surface area (Å²) in [5.74, 6) is -0.492. The van der Waals surface area contributed by atoms with E-state index in [0.29, 0.717) is 0 Å². The van der Waals surface area contributed by atoms with Crippen LogP contribution in [0.3, 0.4) is 0 Å². The van der Waals surface area contributed by atoms with Gasteiger partial charge in [0.05, 0.1) is 25.7 Å². The quantitative estimate of drug-likeness (QED) is 0.636. The first-order valence-electron chi connectivity index (χ1n) is 10.0. The second-order valence-corrected chi connectivity index (χ2v) is 9.52. The van der Waals surface area contributed by atoms with Gasteiger partial charge in [0, 0.05) is 16.1 Å². The molecule has 0 aliphatic carbocycles. The fourth-order valence-corrected chi connectivity index (χ4v) is 4.92. The Morgan fingerprint density at radius 3 is 2.47 bits per heavy atom. The molecule has 1 heterocycles. The van der Waals surface area contributed by atoms with Crippen LogP contribution in [0.5, 0.6) is 0 Å². The van der Waals surface area contributed by atoms with Crippen molar-refractivity contribution in [3.05, 3.63) is 83.4 Å². The van der Waals surface area contributed by atoms with Crippen molar-refractivity contribution in [3.8, 4) is 0 Å². The minimum absolute atomic E-state index is 0.0731. The molecule has 0 fully saturated rings. The second-order valence-electron chi connectivity index (χ2n) is 7.86. The van der Waals surface area contributed by atoms with E-state index in [1.54, 1.807) is 17.8 Å². The van der Waals surface area contributed by atoms with Gasteiger partial charge in [-0.25, -0.2) is 0 Å². The molecule has 0 radical (unpaired) electrons. The molecule has 2 aromatic carbocycles. The van der Waals surface area contributed by atoms with Gasteiger partial charge in [-0.2, -0.15) is 0 Å². The molecule has 0 saturated carbocycles. The maximum Gasteiger partial charge on any atom is 0.308 e. The van der Waals surface area contributed by atoms with Gasteiger partial charge in [-0.3, -0.25) is 4.79 Å². The van der Waals surface area contributed by atoms with E-state index in [-0.39, 0.29) is 17.6 Å². The van der Waals surface area contributed by atoms with Crippen LogP contribution in [-0.4, -0.2) is 40.2 Å². The lowest BCUT2D eigenvalue weighted by atomic mass is 9.86. The number of carbonyl (C=O) groups is 1. The number of allylic oxidation sites excluding steroid dienone is 1. The third-order valence-corrected chi connectivity index (χ3v) is 6.44. The van der Waals surface area contributed by atoms with Crippen molar-refractivity contribution in [2.24, 2.45) is 0 Å². The largest absolute Gasteiger partial charge is 0.469 e. The predicted molar refractivity (Wildman–Crippen MR) is 121 cm³/mol. The van der Waals surface area contributed by atoms with Crippen LogP contribution in [-0.2, 0) is 9.53 Å². The second kappa shape index (κ2) is 9.65. The number of methoxy groups -OCH3 is 1. The maximum absolute atomic E-state index is 11.3. The standard InChI is InChI=1S/C25H28O4S/c1-25(2)21(14-13-18(26)15-19(27)16-23(28)29-3)24(17-9-5-4-6-10-17)20-11-7-8-12-22(20)30-25/h4-14,18-19,26-27H,15-16H2,1-3H3/b14-13+. The topological polar surface area (TPSA) is 66.8 Å². The SMILES string of the molecule is COC(=O)CC(O)CC(O)/C=C/C1=C(c2ccccc2)c2ccccc2SC1(C)C. The van der Waals surface area contributed by atoms with Crippen molar-refractivity contribution < 1.29 is 19.7 Å². The monoisotopic (exact) mass is 424 g/mol. The first-order chi connectivity index (χ1) is 14.3. The lowest BCUT2D eigenvalue weighted by Gasteiger charge is -2.35. The van der Waals surface area contributed by atoms with Crippen LogP contribution < -0.4 is 0 Å². The minimum Gasteiger partial charge on any atom is -0.469 e. The van der Waals surface area contributed by atoms with Crippen molar-refractivity contribution in [2.45, 2.75) is 48.5 Å². The number of thioether (sulfide) groups is 1. The number of carbonyl (C=O) groups excluding carboxylic acids is 1. The van der Waals surface area contributed by atoms with Crippen LogP contribution in [0.25, 0.3) is 5.57 Å². The highest BCUT2D eigenvalue weighted by molar-refractivity contribution is 8.01. The van der Waals surface area contributed by atoms with E-state index in [1.165, 1.54) is 17.6 Å². The van der Waals surface area contributed by atoms with Crippen molar-refractivity contribution in [1.82, 2.24) is 0 Å². The van der Waals surface area contributed by atoms with E-state index in [1.807, 2.05) is 30.3 Å². The number of esters is 1. The van der Waals surface area contributed by atoms with Crippen molar-refractivity contribution >= 4 is 23.3 Å². The van der Waals surface area contributed by atoms with E-state index in [0.717, 1.165) is 16.7 Å². The fraction of sp³-hybridized carbons (Fsp3) is 0.320. The molecule has 2 atom stereocenters. The van der Waals surface area contributed by atoms with Gasteiger partial charge in [-0.1, -0.05) is 60.7 Å². The van der Waals surface area contributed by atoms with Gasteiger partial charge in [0.25, 0.3) is 0 Å². The van der Waals surface area contributed by atoms with Gasteiger partial charge in [-0.05, 0) is 42.2 Å². The highest BCUT2D eigenvalue weighted by Gasteiger charge is 2.33. The number of aliphatic hydroxyl groups is 2. The summed E-state index contributed by atoms with van der Waals surface area (Å²) in [6, 6.07) is 18.6. The van der Waals surface area contributed by atoms with Crippen LogP contribution in [0, 0.1) is 0 Å². The third-order valence-electron chi connectivity index (χ3n) is 5.13. The lowest BCUT2D eigenvalue weighted by Crippen LogP contribution is -2.24. The van der Waals surface area contributed by atoms with Crippen molar-refractivity contribution in [2.75, 3.05) is 7.11 Å². The molecular formula is C25H28O4S.